The highest BCUT2D eigenvalue weighted by molar-refractivity contribution is 6.12. The summed E-state index contributed by atoms with van der Waals surface area (Å²) in [5.41, 5.74) is 8.53. The molecule has 3 heterocycles. The highest BCUT2D eigenvalue weighted by atomic mass is 15.2. The van der Waals surface area contributed by atoms with Crippen LogP contribution in [-0.2, 0) is 0 Å². The Balaban J connectivity index is 1.66. The Labute approximate surface area is 187 Å². The second-order valence-corrected chi connectivity index (χ2v) is 8.99. The SMILES string of the molecule is C=C(CCC)/C(C)=C/C(=NC)C1=CC(=C2CCC2)N2C=C(C3CCNCC3)C=CC2=N1. The molecule has 0 atom stereocenters. The van der Waals surface area contributed by atoms with Gasteiger partial charge in [0.1, 0.15) is 5.84 Å². The number of aliphatic imine (C=N–C) groups is 2. The van der Waals surface area contributed by atoms with Crippen LogP contribution in [0, 0.1) is 5.92 Å². The van der Waals surface area contributed by atoms with E-state index in [-0.39, 0.29) is 0 Å². The quantitative estimate of drug-likeness (QED) is 0.436. The predicted octanol–water partition coefficient (Wildman–Crippen LogP) is 5.85. The number of hydrogen-bond acceptors (Lipinski definition) is 4. The molecule has 4 nitrogen and oxygen atoms in total. The van der Waals surface area contributed by atoms with Crippen molar-refractivity contribution < 1.29 is 0 Å². The molecule has 3 aliphatic heterocycles. The van der Waals surface area contributed by atoms with Crippen molar-refractivity contribution in [3.8, 4) is 0 Å². The van der Waals surface area contributed by atoms with Gasteiger partial charge in [0.05, 0.1) is 11.4 Å². The molecule has 164 valence electrons. The minimum atomic E-state index is 0.639. The Kier molecular flexibility index (Phi) is 6.86. The smallest absolute Gasteiger partial charge is 0.137 e. The summed E-state index contributed by atoms with van der Waals surface area (Å²) < 4.78 is 0. The summed E-state index contributed by atoms with van der Waals surface area (Å²) in [7, 11) is 1.86. The Morgan fingerprint density at radius 2 is 2.06 bits per heavy atom. The number of hydrogen-bond donors (Lipinski definition) is 1. The normalized spacial score (nSPS) is 22.5. The second kappa shape index (κ2) is 9.78. The van der Waals surface area contributed by atoms with Crippen molar-refractivity contribution in [2.24, 2.45) is 15.9 Å². The first-order valence-electron chi connectivity index (χ1n) is 11.9. The maximum atomic E-state index is 5.02. The van der Waals surface area contributed by atoms with E-state index in [0.717, 1.165) is 43.2 Å². The molecular formula is C27H36N4. The summed E-state index contributed by atoms with van der Waals surface area (Å²) in [6, 6.07) is 0. The van der Waals surface area contributed by atoms with E-state index >= 15 is 0 Å². The summed E-state index contributed by atoms with van der Waals surface area (Å²) in [6.45, 7) is 10.8. The summed E-state index contributed by atoms with van der Waals surface area (Å²) in [6.07, 6.45) is 19.4. The first-order chi connectivity index (χ1) is 15.1. The van der Waals surface area contributed by atoms with Gasteiger partial charge in [0.25, 0.3) is 0 Å². The average Bonchev–Trinajstić information content (AvgIpc) is 2.76. The molecule has 0 aromatic carbocycles. The lowest BCUT2D eigenvalue weighted by Gasteiger charge is -2.35. The Bertz CT molecular complexity index is 940. The maximum absolute atomic E-state index is 5.02. The molecule has 0 radical (unpaired) electrons. The van der Waals surface area contributed by atoms with Crippen LogP contribution < -0.4 is 5.32 Å². The minimum absolute atomic E-state index is 0.639. The van der Waals surface area contributed by atoms with E-state index in [1.165, 1.54) is 60.1 Å². The topological polar surface area (TPSA) is 40.0 Å². The van der Waals surface area contributed by atoms with E-state index in [4.69, 9.17) is 4.99 Å². The molecule has 1 aliphatic carbocycles. The van der Waals surface area contributed by atoms with Gasteiger partial charge in [-0.15, -0.1) is 0 Å². The Morgan fingerprint density at radius 3 is 2.71 bits per heavy atom. The number of nitrogens with zero attached hydrogens (tertiary/aromatic N) is 3. The molecule has 1 saturated carbocycles. The predicted molar refractivity (Wildman–Crippen MR) is 132 cm³/mol. The van der Waals surface area contributed by atoms with Crippen LogP contribution in [0.2, 0.25) is 0 Å². The van der Waals surface area contributed by atoms with Crippen LogP contribution in [-0.4, -0.2) is 36.6 Å². The van der Waals surface area contributed by atoms with Crippen molar-refractivity contribution in [2.75, 3.05) is 20.1 Å². The largest absolute Gasteiger partial charge is 0.317 e. The standard InChI is InChI=1S/C27H36N4/c1-5-7-19(2)20(3)16-24(28-4)25-17-26(22-8-6-9-22)31-18-23(10-11-27(31)30-25)21-12-14-29-15-13-21/h10-11,16-18,21,29H,2,5-9,12-15H2,1,3-4H3/b20-16+,28-24?. The highest BCUT2D eigenvalue weighted by Crippen LogP contribution is 2.36. The molecule has 4 heteroatoms. The summed E-state index contributed by atoms with van der Waals surface area (Å²) >= 11 is 0. The van der Waals surface area contributed by atoms with Gasteiger partial charge in [-0.1, -0.05) is 31.6 Å². The molecule has 0 amide bonds. The van der Waals surface area contributed by atoms with Crippen molar-refractivity contribution in [2.45, 2.75) is 58.8 Å². The van der Waals surface area contributed by atoms with Crippen molar-refractivity contribution in [1.82, 2.24) is 10.2 Å². The van der Waals surface area contributed by atoms with Crippen LogP contribution in [0.1, 0.15) is 58.8 Å². The molecule has 1 N–H and O–H groups in total. The van der Waals surface area contributed by atoms with Crippen molar-refractivity contribution >= 4 is 11.5 Å². The van der Waals surface area contributed by atoms with Crippen LogP contribution in [0.3, 0.4) is 0 Å². The molecule has 0 aromatic heterocycles. The monoisotopic (exact) mass is 416 g/mol. The number of rotatable bonds is 6. The van der Waals surface area contributed by atoms with Gasteiger partial charge >= 0.3 is 0 Å². The first-order valence-corrected chi connectivity index (χ1v) is 11.9. The fourth-order valence-corrected chi connectivity index (χ4v) is 4.62. The third kappa shape index (κ3) is 4.74. The zero-order valence-corrected chi connectivity index (χ0v) is 19.4. The zero-order chi connectivity index (χ0) is 21.8. The van der Waals surface area contributed by atoms with Crippen molar-refractivity contribution in [3.63, 3.8) is 0 Å². The third-order valence-electron chi connectivity index (χ3n) is 6.81. The first kappa shape index (κ1) is 21.8. The second-order valence-electron chi connectivity index (χ2n) is 8.99. The third-order valence-corrected chi connectivity index (χ3v) is 6.81. The van der Waals surface area contributed by atoms with Crippen molar-refractivity contribution in [3.05, 3.63) is 70.8 Å². The lowest BCUT2D eigenvalue weighted by molar-refractivity contribution is 0.420. The number of amidine groups is 1. The number of nitrogens with one attached hydrogen (secondary N) is 1. The van der Waals surface area contributed by atoms with Gasteiger partial charge in [-0.3, -0.25) is 4.99 Å². The maximum Gasteiger partial charge on any atom is 0.137 e. The Hall–Kier alpha value is -2.46. The van der Waals surface area contributed by atoms with Gasteiger partial charge in [-0.25, -0.2) is 4.99 Å². The molecule has 1 saturated heterocycles. The van der Waals surface area contributed by atoms with E-state index in [0.29, 0.717) is 5.92 Å². The average molecular weight is 417 g/mol. The molecule has 0 spiro atoms. The molecule has 0 unspecified atom stereocenters. The molecule has 0 bridgehead atoms. The van der Waals surface area contributed by atoms with E-state index in [1.807, 2.05) is 7.05 Å². The number of piperidine rings is 1. The number of allylic oxidation sites excluding steroid dienone is 7. The van der Waals surface area contributed by atoms with Gasteiger partial charge in [-0.05, 0) is 99.4 Å². The molecule has 4 aliphatic rings. The van der Waals surface area contributed by atoms with Crippen LogP contribution in [0.5, 0.6) is 0 Å². The summed E-state index contributed by atoms with van der Waals surface area (Å²) in [4.78, 5) is 11.9. The molecule has 0 aromatic rings. The summed E-state index contributed by atoms with van der Waals surface area (Å²) in [5, 5.41) is 3.48. The Morgan fingerprint density at radius 1 is 1.29 bits per heavy atom. The molecule has 4 rings (SSSR count). The zero-order valence-electron chi connectivity index (χ0n) is 19.4. The number of fused-ring (bicyclic) bond motifs is 1. The van der Waals surface area contributed by atoms with E-state index in [9.17, 15) is 0 Å². The van der Waals surface area contributed by atoms with Gasteiger partial charge in [0, 0.05) is 18.9 Å². The van der Waals surface area contributed by atoms with E-state index in [2.05, 4.69) is 66.1 Å². The molecule has 31 heavy (non-hydrogen) atoms. The minimum Gasteiger partial charge on any atom is -0.317 e. The van der Waals surface area contributed by atoms with Crippen LogP contribution in [0.15, 0.2) is 80.8 Å². The van der Waals surface area contributed by atoms with E-state index < -0.39 is 0 Å². The van der Waals surface area contributed by atoms with Gasteiger partial charge < -0.3 is 10.2 Å². The summed E-state index contributed by atoms with van der Waals surface area (Å²) in [5.74, 6) is 1.64. The lowest BCUT2D eigenvalue weighted by atomic mass is 9.87. The lowest BCUT2D eigenvalue weighted by Crippen LogP contribution is -2.34. The van der Waals surface area contributed by atoms with Gasteiger partial charge in [0.15, 0.2) is 0 Å². The van der Waals surface area contributed by atoms with Crippen LogP contribution in [0.25, 0.3) is 0 Å². The van der Waals surface area contributed by atoms with Gasteiger partial charge in [0.2, 0.25) is 0 Å². The fourth-order valence-electron chi connectivity index (χ4n) is 4.62. The van der Waals surface area contributed by atoms with Crippen LogP contribution >= 0.6 is 0 Å². The van der Waals surface area contributed by atoms with Gasteiger partial charge in [-0.2, -0.15) is 0 Å². The highest BCUT2D eigenvalue weighted by Gasteiger charge is 2.28. The molecule has 2 fully saturated rings. The fraction of sp³-hybridized carbons (Fsp3) is 0.481. The molecular weight excluding hydrogens is 380 g/mol. The van der Waals surface area contributed by atoms with Crippen molar-refractivity contribution in [1.29, 1.82) is 0 Å². The van der Waals surface area contributed by atoms with E-state index in [1.54, 1.807) is 0 Å². The van der Waals surface area contributed by atoms with Crippen LogP contribution in [0.4, 0.5) is 0 Å².